The molecule has 1 aliphatic rings. The molecule has 6 nitrogen and oxygen atoms in total. The lowest BCUT2D eigenvalue weighted by molar-refractivity contribution is -0.125. The van der Waals surface area contributed by atoms with E-state index in [0.29, 0.717) is 12.1 Å². The Hall–Kier alpha value is -2.44. The van der Waals surface area contributed by atoms with Crippen LogP contribution < -0.4 is 5.32 Å². The number of hydrogen-bond donors (Lipinski definition) is 2. The Labute approximate surface area is 156 Å². The molecule has 0 spiro atoms. The van der Waals surface area contributed by atoms with E-state index in [1.807, 2.05) is 31.2 Å². The van der Waals surface area contributed by atoms with Crippen LogP contribution in [0.15, 0.2) is 42.6 Å². The Bertz CT molecular complexity index is 810. The van der Waals surface area contributed by atoms with E-state index in [2.05, 4.69) is 10.3 Å². The third-order valence-electron chi connectivity index (χ3n) is 4.40. The molecule has 1 saturated heterocycles. The van der Waals surface area contributed by atoms with E-state index in [4.69, 9.17) is 11.6 Å². The summed E-state index contributed by atoms with van der Waals surface area (Å²) in [5.41, 5.74) is 2.46. The molecule has 0 unspecified atom stereocenters. The summed E-state index contributed by atoms with van der Waals surface area (Å²) in [5.74, 6) is -0.628. The van der Waals surface area contributed by atoms with Crippen LogP contribution in [0.25, 0.3) is 0 Å². The summed E-state index contributed by atoms with van der Waals surface area (Å²) in [6.07, 6.45) is 0.921. The van der Waals surface area contributed by atoms with Crippen molar-refractivity contribution in [1.29, 1.82) is 0 Å². The molecule has 2 heterocycles. The van der Waals surface area contributed by atoms with Gasteiger partial charge < -0.3 is 15.3 Å². The second-order valence-corrected chi connectivity index (χ2v) is 6.82. The predicted octanol–water partition coefficient (Wildman–Crippen LogP) is 1.94. The molecule has 136 valence electrons. The van der Waals surface area contributed by atoms with Gasteiger partial charge in [0, 0.05) is 31.3 Å². The maximum atomic E-state index is 12.7. The van der Waals surface area contributed by atoms with Gasteiger partial charge in [0.15, 0.2) is 0 Å². The maximum absolute atomic E-state index is 12.7. The molecule has 7 heteroatoms. The van der Waals surface area contributed by atoms with E-state index in [1.54, 1.807) is 6.07 Å². The van der Waals surface area contributed by atoms with E-state index in [9.17, 15) is 14.7 Å². The molecule has 3 rings (SSSR count). The smallest absolute Gasteiger partial charge is 0.254 e. The minimum atomic E-state index is -0.730. The number of aliphatic hydroxyl groups excluding tert-OH is 1. The van der Waals surface area contributed by atoms with Crippen LogP contribution in [0.3, 0.4) is 0 Å². The number of rotatable bonds is 4. The number of pyridine rings is 1. The van der Waals surface area contributed by atoms with E-state index in [-0.39, 0.29) is 29.9 Å². The second kappa shape index (κ2) is 7.85. The lowest BCUT2D eigenvalue weighted by Gasteiger charge is -2.23. The van der Waals surface area contributed by atoms with Gasteiger partial charge in [0.05, 0.1) is 6.10 Å². The molecule has 26 heavy (non-hydrogen) atoms. The molecule has 0 bridgehead atoms. The molecule has 0 radical (unpaired) electrons. The van der Waals surface area contributed by atoms with Gasteiger partial charge in [-0.25, -0.2) is 4.98 Å². The van der Waals surface area contributed by atoms with Crippen LogP contribution in [0.2, 0.25) is 5.15 Å². The van der Waals surface area contributed by atoms with Crippen molar-refractivity contribution in [3.8, 4) is 0 Å². The molecule has 2 aromatic rings. The molecule has 0 saturated carbocycles. The fourth-order valence-electron chi connectivity index (χ4n) is 3.00. The predicted molar refractivity (Wildman–Crippen MR) is 97.7 cm³/mol. The average Bonchev–Trinajstić information content (AvgIpc) is 3.02. The highest BCUT2D eigenvalue weighted by molar-refractivity contribution is 6.29. The van der Waals surface area contributed by atoms with Crippen LogP contribution in [0, 0.1) is 6.92 Å². The lowest BCUT2D eigenvalue weighted by atomic mass is 10.1. The molecular formula is C19H20ClN3O3. The molecule has 2 atom stereocenters. The number of aliphatic hydroxyl groups is 1. The molecule has 1 aliphatic heterocycles. The van der Waals surface area contributed by atoms with Crippen molar-refractivity contribution in [2.75, 3.05) is 6.54 Å². The molecule has 1 aromatic heterocycles. The first-order valence-corrected chi connectivity index (χ1v) is 8.75. The van der Waals surface area contributed by atoms with Gasteiger partial charge in [-0.3, -0.25) is 9.59 Å². The monoisotopic (exact) mass is 373 g/mol. The standard InChI is InChI=1S/C19H20ClN3O3/c1-12-2-4-13(5-3-12)10-22-18(25)16-9-15(24)11-23(16)19(26)14-6-7-21-17(20)8-14/h2-8,15-16,24H,9-11H2,1H3,(H,22,25)/t15-,16+/m1/s1. The number of carbonyl (C=O) groups excluding carboxylic acids is 2. The molecule has 0 aliphatic carbocycles. The summed E-state index contributed by atoms with van der Waals surface area (Å²) in [7, 11) is 0. The van der Waals surface area contributed by atoms with Gasteiger partial charge in [-0.2, -0.15) is 0 Å². The first kappa shape index (κ1) is 18.4. The SMILES string of the molecule is Cc1ccc(CNC(=O)[C@@H]2C[C@@H](O)CN2C(=O)c2ccnc(Cl)c2)cc1. The van der Waals surface area contributed by atoms with Crippen molar-refractivity contribution >= 4 is 23.4 Å². The lowest BCUT2D eigenvalue weighted by Crippen LogP contribution is -2.45. The molecule has 1 aromatic carbocycles. The number of benzene rings is 1. The van der Waals surface area contributed by atoms with Gasteiger partial charge in [0.1, 0.15) is 11.2 Å². The maximum Gasteiger partial charge on any atom is 0.254 e. The van der Waals surface area contributed by atoms with E-state index < -0.39 is 12.1 Å². The average molecular weight is 374 g/mol. The topological polar surface area (TPSA) is 82.5 Å². The Morgan fingerprint density at radius 1 is 1.31 bits per heavy atom. The van der Waals surface area contributed by atoms with E-state index >= 15 is 0 Å². The number of aryl methyl sites for hydroxylation is 1. The summed E-state index contributed by atoms with van der Waals surface area (Å²) in [6, 6.07) is 10.1. The zero-order valence-electron chi connectivity index (χ0n) is 14.4. The van der Waals surface area contributed by atoms with Crippen LogP contribution in [-0.2, 0) is 11.3 Å². The first-order chi connectivity index (χ1) is 12.4. The van der Waals surface area contributed by atoms with Crippen molar-refractivity contribution < 1.29 is 14.7 Å². The Kier molecular flexibility index (Phi) is 5.54. The molecular weight excluding hydrogens is 354 g/mol. The van der Waals surface area contributed by atoms with Crippen LogP contribution in [0.5, 0.6) is 0 Å². The van der Waals surface area contributed by atoms with Crippen LogP contribution in [0.4, 0.5) is 0 Å². The number of β-amino-alcohol motifs (C(OH)–C–C–N with tert-alkyl or cyclic N) is 1. The van der Waals surface area contributed by atoms with Gasteiger partial charge in [-0.05, 0) is 24.6 Å². The molecule has 2 N–H and O–H groups in total. The molecule has 2 amide bonds. The van der Waals surface area contributed by atoms with Crippen molar-refractivity contribution in [2.24, 2.45) is 0 Å². The quantitative estimate of drug-likeness (QED) is 0.802. The fraction of sp³-hybridized carbons (Fsp3) is 0.316. The number of aromatic nitrogens is 1. The number of nitrogens with zero attached hydrogens (tertiary/aromatic N) is 2. The normalized spacial score (nSPS) is 19.4. The third kappa shape index (κ3) is 4.20. The highest BCUT2D eigenvalue weighted by Crippen LogP contribution is 2.22. The number of nitrogens with one attached hydrogen (secondary N) is 1. The summed E-state index contributed by atoms with van der Waals surface area (Å²) in [6.45, 7) is 2.48. The highest BCUT2D eigenvalue weighted by Gasteiger charge is 2.39. The van der Waals surface area contributed by atoms with Crippen LogP contribution in [-0.4, -0.2) is 45.5 Å². The summed E-state index contributed by atoms with van der Waals surface area (Å²) in [4.78, 5) is 30.6. The third-order valence-corrected chi connectivity index (χ3v) is 4.61. The van der Waals surface area contributed by atoms with Crippen LogP contribution in [0.1, 0.15) is 27.9 Å². The van der Waals surface area contributed by atoms with E-state index in [0.717, 1.165) is 11.1 Å². The fourth-order valence-corrected chi connectivity index (χ4v) is 3.17. The summed E-state index contributed by atoms with van der Waals surface area (Å²) in [5, 5.41) is 13.0. The Balaban J connectivity index is 1.69. The largest absolute Gasteiger partial charge is 0.391 e. The highest BCUT2D eigenvalue weighted by atomic mass is 35.5. The zero-order chi connectivity index (χ0) is 18.7. The number of hydrogen-bond acceptors (Lipinski definition) is 4. The number of amides is 2. The van der Waals surface area contributed by atoms with Crippen molar-refractivity contribution in [2.45, 2.75) is 32.0 Å². The minimum Gasteiger partial charge on any atom is -0.391 e. The number of halogens is 1. The molecule has 1 fully saturated rings. The van der Waals surface area contributed by atoms with Crippen molar-refractivity contribution in [1.82, 2.24) is 15.2 Å². The van der Waals surface area contributed by atoms with Gasteiger partial charge in [0.2, 0.25) is 5.91 Å². The minimum absolute atomic E-state index is 0.112. The van der Waals surface area contributed by atoms with Gasteiger partial charge in [-0.1, -0.05) is 41.4 Å². The van der Waals surface area contributed by atoms with Crippen molar-refractivity contribution in [3.05, 3.63) is 64.4 Å². The number of likely N-dealkylation sites (tertiary alicyclic amines) is 1. The summed E-state index contributed by atoms with van der Waals surface area (Å²) >= 11 is 5.84. The van der Waals surface area contributed by atoms with Gasteiger partial charge >= 0.3 is 0 Å². The van der Waals surface area contributed by atoms with Crippen molar-refractivity contribution in [3.63, 3.8) is 0 Å². The van der Waals surface area contributed by atoms with Gasteiger partial charge in [-0.15, -0.1) is 0 Å². The van der Waals surface area contributed by atoms with Crippen LogP contribution >= 0.6 is 11.6 Å². The van der Waals surface area contributed by atoms with E-state index in [1.165, 1.54) is 17.2 Å². The Morgan fingerprint density at radius 2 is 2.04 bits per heavy atom. The number of carbonyl (C=O) groups is 2. The zero-order valence-corrected chi connectivity index (χ0v) is 15.1. The first-order valence-electron chi connectivity index (χ1n) is 8.38. The van der Waals surface area contributed by atoms with Gasteiger partial charge in [0.25, 0.3) is 5.91 Å². The summed E-state index contributed by atoms with van der Waals surface area (Å²) < 4.78 is 0. The second-order valence-electron chi connectivity index (χ2n) is 6.43. The Morgan fingerprint density at radius 3 is 2.73 bits per heavy atom.